The molecule has 0 saturated heterocycles. The third kappa shape index (κ3) is 3.56. The van der Waals surface area contributed by atoms with Gasteiger partial charge in [-0.25, -0.2) is 4.98 Å². The summed E-state index contributed by atoms with van der Waals surface area (Å²) >= 11 is 6.48. The van der Waals surface area contributed by atoms with Crippen molar-refractivity contribution >= 4 is 43.5 Å². The maximum absolute atomic E-state index is 11.1. The summed E-state index contributed by atoms with van der Waals surface area (Å²) in [6, 6.07) is 5.39. The van der Waals surface area contributed by atoms with Crippen LogP contribution in [-0.4, -0.2) is 15.8 Å². The molecule has 0 aliphatic rings. The first-order valence-corrected chi connectivity index (χ1v) is 7.04. The number of carbonyl (C=O) groups is 1. The number of benzene rings is 1. The molecule has 9 heteroatoms. The highest BCUT2D eigenvalue weighted by Crippen LogP contribution is 2.35. The van der Waals surface area contributed by atoms with Gasteiger partial charge in [-0.15, -0.1) is 0 Å². The van der Waals surface area contributed by atoms with Crippen LogP contribution in [0.25, 0.3) is 0 Å². The normalized spacial score (nSPS) is 10.2. The van der Waals surface area contributed by atoms with E-state index in [0.29, 0.717) is 4.47 Å². The average molecular weight is 417 g/mol. The van der Waals surface area contributed by atoms with Gasteiger partial charge in [0.15, 0.2) is 0 Å². The topological polar surface area (TPSA) is 108 Å². The van der Waals surface area contributed by atoms with Gasteiger partial charge >= 0.3 is 5.69 Å². The predicted octanol–water partition coefficient (Wildman–Crippen LogP) is 3.41. The summed E-state index contributed by atoms with van der Waals surface area (Å²) < 4.78 is 6.66. The zero-order chi connectivity index (χ0) is 15.6. The maximum atomic E-state index is 11.1. The van der Waals surface area contributed by atoms with Crippen LogP contribution in [0.15, 0.2) is 39.4 Å². The van der Waals surface area contributed by atoms with Gasteiger partial charge in [-0.3, -0.25) is 14.9 Å². The molecule has 1 heterocycles. The highest BCUT2D eigenvalue weighted by molar-refractivity contribution is 9.11. The second kappa shape index (κ2) is 6.19. The predicted molar refractivity (Wildman–Crippen MR) is 81.3 cm³/mol. The van der Waals surface area contributed by atoms with Crippen LogP contribution in [0, 0.1) is 10.1 Å². The van der Waals surface area contributed by atoms with Crippen LogP contribution in [0.5, 0.6) is 11.6 Å². The summed E-state index contributed by atoms with van der Waals surface area (Å²) in [6.07, 6.45) is 1.49. The molecule has 1 aromatic carbocycles. The number of hydrogen-bond acceptors (Lipinski definition) is 5. The van der Waals surface area contributed by atoms with Gasteiger partial charge in [0.05, 0.1) is 9.40 Å². The fourth-order valence-electron chi connectivity index (χ4n) is 1.48. The molecule has 1 amide bonds. The van der Waals surface area contributed by atoms with Crippen LogP contribution >= 0.6 is 31.9 Å². The van der Waals surface area contributed by atoms with E-state index in [4.69, 9.17) is 10.5 Å². The number of nitrogens with two attached hydrogens (primary N) is 1. The number of rotatable bonds is 4. The summed E-state index contributed by atoms with van der Waals surface area (Å²) in [6.45, 7) is 0. The van der Waals surface area contributed by atoms with Crippen molar-refractivity contribution in [1.82, 2.24) is 4.98 Å². The molecule has 2 N–H and O–H groups in total. The number of amides is 1. The van der Waals surface area contributed by atoms with Gasteiger partial charge in [-0.05, 0) is 50.1 Å². The van der Waals surface area contributed by atoms with Gasteiger partial charge in [0.2, 0.25) is 17.5 Å². The second-order valence-electron chi connectivity index (χ2n) is 3.85. The Hall–Kier alpha value is -2.00. The van der Waals surface area contributed by atoms with E-state index in [-0.39, 0.29) is 22.9 Å². The van der Waals surface area contributed by atoms with E-state index in [9.17, 15) is 14.9 Å². The largest absolute Gasteiger partial charge is 0.431 e. The molecular formula is C12H7Br2N3O4. The number of aromatic nitrogens is 1. The number of primary amides is 1. The lowest BCUT2D eigenvalue weighted by Gasteiger charge is -2.08. The molecule has 0 atom stereocenters. The molecule has 0 radical (unpaired) electrons. The first-order valence-electron chi connectivity index (χ1n) is 5.45. The Bertz CT molecular complexity index is 736. The molecule has 0 saturated carbocycles. The Morgan fingerprint density at radius 3 is 2.62 bits per heavy atom. The van der Waals surface area contributed by atoms with Gasteiger partial charge in [0.25, 0.3) is 0 Å². The zero-order valence-electron chi connectivity index (χ0n) is 10.2. The minimum absolute atomic E-state index is 0.0249. The van der Waals surface area contributed by atoms with Crippen molar-refractivity contribution in [2.45, 2.75) is 0 Å². The summed E-state index contributed by atoms with van der Waals surface area (Å²) in [5.41, 5.74) is 4.75. The number of halogens is 2. The van der Waals surface area contributed by atoms with Crippen molar-refractivity contribution in [2.24, 2.45) is 5.73 Å². The summed E-state index contributed by atoms with van der Waals surface area (Å²) in [5.74, 6) is -0.638. The molecule has 0 aliphatic carbocycles. The van der Waals surface area contributed by atoms with Crippen LogP contribution in [0.2, 0.25) is 0 Å². The smallest absolute Gasteiger partial charge is 0.312 e. The number of hydrogen-bond donors (Lipinski definition) is 1. The number of nitrogens with zero attached hydrogens (tertiary/aromatic N) is 2. The van der Waals surface area contributed by atoms with Crippen molar-refractivity contribution in [3.8, 4) is 11.6 Å². The Morgan fingerprint density at radius 1 is 1.33 bits per heavy atom. The monoisotopic (exact) mass is 415 g/mol. The summed E-state index contributed by atoms with van der Waals surface area (Å²) in [5, 5.41) is 11.1. The summed E-state index contributed by atoms with van der Waals surface area (Å²) in [7, 11) is 0. The number of ether oxygens (including phenoxy) is 1. The van der Waals surface area contributed by atoms with E-state index in [2.05, 4.69) is 36.8 Å². The minimum Gasteiger partial charge on any atom is -0.431 e. The van der Waals surface area contributed by atoms with Crippen LogP contribution in [0.4, 0.5) is 5.69 Å². The molecule has 21 heavy (non-hydrogen) atoms. The van der Waals surface area contributed by atoms with E-state index >= 15 is 0 Å². The third-order valence-electron chi connectivity index (χ3n) is 2.42. The lowest BCUT2D eigenvalue weighted by atomic mass is 10.2. The Balaban J connectivity index is 2.44. The van der Waals surface area contributed by atoms with Crippen LogP contribution < -0.4 is 10.5 Å². The fourth-order valence-corrected chi connectivity index (χ4v) is 2.55. The van der Waals surface area contributed by atoms with E-state index in [1.165, 1.54) is 18.3 Å². The van der Waals surface area contributed by atoms with Crippen molar-refractivity contribution in [3.05, 3.63) is 55.1 Å². The van der Waals surface area contributed by atoms with Gasteiger partial charge in [-0.2, -0.15) is 0 Å². The van der Waals surface area contributed by atoms with E-state index < -0.39 is 10.8 Å². The molecule has 7 nitrogen and oxygen atoms in total. The standard InChI is InChI=1S/C12H7Br2N3O4/c13-7-4-8(14)12(16-5-7)21-10-2-1-6(11(15)18)3-9(10)17(19)20/h1-5H,(H2,15,18). The SMILES string of the molecule is NC(=O)c1ccc(Oc2ncc(Br)cc2Br)c([N+](=O)[O-])c1. The third-order valence-corrected chi connectivity index (χ3v) is 3.42. The first kappa shape index (κ1) is 15.4. The first-order chi connectivity index (χ1) is 9.88. The average Bonchev–Trinajstić information content (AvgIpc) is 2.41. The molecule has 108 valence electrons. The van der Waals surface area contributed by atoms with Crippen molar-refractivity contribution in [3.63, 3.8) is 0 Å². The minimum atomic E-state index is -0.757. The van der Waals surface area contributed by atoms with Crippen LogP contribution in [0.3, 0.4) is 0 Å². The summed E-state index contributed by atoms with van der Waals surface area (Å²) in [4.78, 5) is 25.5. The fraction of sp³-hybridized carbons (Fsp3) is 0. The highest BCUT2D eigenvalue weighted by atomic mass is 79.9. The van der Waals surface area contributed by atoms with Gasteiger partial charge in [0.1, 0.15) is 0 Å². The Labute approximate surface area is 135 Å². The second-order valence-corrected chi connectivity index (χ2v) is 5.62. The maximum Gasteiger partial charge on any atom is 0.312 e. The molecule has 0 bridgehead atoms. The van der Waals surface area contributed by atoms with E-state index in [1.54, 1.807) is 6.07 Å². The molecule has 0 unspecified atom stereocenters. The lowest BCUT2D eigenvalue weighted by molar-refractivity contribution is -0.385. The van der Waals surface area contributed by atoms with Crippen molar-refractivity contribution < 1.29 is 14.5 Å². The quantitative estimate of drug-likeness (QED) is 0.606. The number of nitro groups is 1. The van der Waals surface area contributed by atoms with Gasteiger partial charge in [0, 0.05) is 22.3 Å². The molecule has 0 fully saturated rings. The van der Waals surface area contributed by atoms with Crippen LogP contribution in [0.1, 0.15) is 10.4 Å². The van der Waals surface area contributed by atoms with E-state index in [0.717, 1.165) is 10.5 Å². The molecule has 0 aliphatic heterocycles. The molecule has 2 rings (SSSR count). The molecule has 1 aromatic heterocycles. The molecular weight excluding hydrogens is 410 g/mol. The number of nitro benzene ring substituents is 1. The molecule has 0 spiro atoms. The van der Waals surface area contributed by atoms with Gasteiger partial charge < -0.3 is 10.5 Å². The Kier molecular flexibility index (Phi) is 4.53. The lowest BCUT2D eigenvalue weighted by Crippen LogP contribution is -2.11. The van der Waals surface area contributed by atoms with Crippen molar-refractivity contribution in [1.29, 1.82) is 0 Å². The highest BCUT2D eigenvalue weighted by Gasteiger charge is 2.19. The van der Waals surface area contributed by atoms with E-state index in [1.807, 2.05) is 0 Å². The van der Waals surface area contributed by atoms with Gasteiger partial charge in [-0.1, -0.05) is 0 Å². The number of carbonyl (C=O) groups excluding carboxylic acids is 1. The van der Waals surface area contributed by atoms with Crippen LogP contribution in [-0.2, 0) is 0 Å². The Morgan fingerprint density at radius 2 is 2.05 bits per heavy atom. The van der Waals surface area contributed by atoms with Crippen molar-refractivity contribution in [2.75, 3.05) is 0 Å². The number of pyridine rings is 1. The zero-order valence-corrected chi connectivity index (χ0v) is 13.4. The molecule has 2 aromatic rings.